The van der Waals surface area contributed by atoms with Gasteiger partial charge in [-0.1, -0.05) is 0 Å². The zero-order valence-electron chi connectivity index (χ0n) is 8.17. The summed E-state index contributed by atoms with van der Waals surface area (Å²) in [5, 5.41) is 0. The highest BCUT2D eigenvalue weighted by atomic mass is 127. The van der Waals surface area contributed by atoms with Gasteiger partial charge in [0.05, 0.1) is 13.5 Å². The lowest BCUT2D eigenvalue weighted by molar-refractivity contribution is -0.141. The number of carbonyl (C=O) groups excluding carboxylic acids is 1. The van der Waals surface area contributed by atoms with Gasteiger partial charge in [-0.2, -0.15) is 0 Å². The molecule has 0 spiro atoms. The third kappa shape index (κ3) is 3.42. The van der Waals surface area contributed by atoms with Crippen LogP contribution >= 0.6 is 22.6 Å². The van der Waals surface area contributed by atoms with Crippen LogP contribution in [0.2, 0.25) is 0 Å². The molecule has 2 N–H and O–H groups in total. The average Bonchev–Trinajstić information content (AvgIpc) is 2.21. The molecule has 0 radical (unpaired) electrons. The molecule has 3 nitrogen and oxygen atoms in total. The summed E-state index contributed by atoms with van der Waals surface area (Å²) in [4.78, 5) is 11.0. The summed E-state index contributed by atoms with van der Waals surface area (Å²) in [5.74, 6) is -0.840. The maximum absolute atomic E-state index is 13.3. The largest absolute Gasteiger partial charge is 0.469 e. The second-order valence-electron chi connectivity index (χ2n) is 3.05. The molecule has 0 aliphatic carbocycles. The van der Waals surface area contributed by atoms with Crippen molar-refractivity contribution in [1.29, 1.82) is 0 Å². The van der Waals surface area contributed by atoms with E-state index >= 15 is 0 Å². The molecule has 0 aliphatic rings. The molecule has 0 aromatic heterocycles. The fourth-order valence-electron chi connectivity index (χ4n) is 1.17. The van der Waals surface area contributed by atoms with Crippen molar-refractivity contribution in [3.05, 3.63) is 33.1 Å². The van der Waals surface area contributed by atoms with Crippen LogP contribution in [0.15, 0.2) is 18.2 Å². The van der Waals surface area contributed by atoms with Crippen LogP contribution in [0.5, 0.6) is 0 Å². The zero-order valence-corrected chi connectivity index (χ0v) is 10.3. The number of methoxy groups -OCH3 is 1. The van der Waals surface area contributed by atoms with Gasteiger partial charge in [-0.05, 0) is 40.8 Å². The van der Waals surface area contributed by atoms with E-state index in [2.05, 4.69) is 27.3 Å². The number of hydrogen-bond donors (Lipinski definition) is 1. The third-order valence-electron chi connectivity index (χ3n) is 1.97. The molecule has 1 aromatic carbocycles. The van der Waals surface area contributed by atoms with Crippen molar-refractivity contribution >= 4 is 28.6 Å². The van der Waals surface area contributed by atoms with E-state index in [1.165, 1.54) is 13.2 Å². The Bertz CT molecular complexity index is 370. The van der Waals surface area contributed by atoms with Crippen molar-refractivity contribution in [1.82, 2.24) is 0 Å². The summed E-state index contributed by atoms with van der Waals surface area (Å²) in [7, 11) is 1.28. The van der Waals surface area contributed by atoms with Gasteiger partial charge in [0, 0.05) is 15.2 Å². The molecule has 0 saturated heterocycles. The third-order valence-corrected chi connectivity index (χ3v) is 2.64. The van der Waals surface area contributed by atoms with Gasteiger partial charge in [-0.3, -0.25) is 4.79 Å². The van der Waals surface area contributed by atoms with Crippen LogP contribution in [0.3, 0.4) is 0 Å². The van der Waals surface area contributed by atoms with Gasteiger partial charge in [-0.15, -0.1) is 0 Å². The summed E-state index contributed by atoms with van der Waals surface area (Å²) < 4.78 is 18.7. The zero-order chi connectivity index (χ0) is 11.4. The first kappa shape index (κ1) is 12.4. The summed E-state index contributed by atoms with van der Waals surface area (Å²) in [6.07, 6.45) is -0.0203. The van der Waals surface area contributed by atoms with Crippen molar-refractivity contribution in [2.24, 2.45) is 5.73 Å². The quantitative estimate of drug-likeness (QED) is 0.684. The Morgan fingerprint density at radius 1 is 1.67 bits per heavy atom. The minimum absolute atomic E-state index is 0.0203. The highest BCUT2D eigenvalue weighted by molar-refractivity contribution is 14.1. The van der Waals surface area contributed by atoms with Crippen LogP contribution in [-0.2, 0) is 9.53 Å². The van der Waals surface area contributed by atoms with Crippen LogP contribution in [0, 0.1) is 9.39 Å². The maximum Gasteiger partial charge on any atom is 0.307 e. The lowest BCUT2D eigenvalue weighted by atomic mass is 10.0. The van der Waals surface area contributed by atoms with Crippen molar-refractivity contribution in [2.75, 3.05) is 7.11 Å². The van der Waals surface area contributed by atoms with Crippen LogP contribution in [0.25, 0.3) is 0 Å². The van der Waals surface area contributed by atoms with Crippen molar-refractivity contribution in [3.8, 4) is 0 Å². The molecule has 5 heteroatoms. The molecule has 1 atom stereocenters. The minimum atomic E-state index is -0.660. The van der Waals surface area contributed by atoms with E-state index in [1.54, 1.807) is 12.1 Å². The number of hydrogen-bond acceptors (Lipinski definition) is 3. The van der Waals surface area contributed by atoms with Gasteiger partial charge in [-0.25, -0.2) is 4.39 Å². The van der Waals surface area contributed by atoms with Crippen molar-refractivity contribution in [2.45, 2.75) is 12.5 Å². The molecule has 0 saturated carbocycles. The monoisotopic (exact) mass is 323 g/mol. The minimum Gasteiger partial charge on any atom is -0.469 e. The van der Waals surface area contributed by atoms with Crippen LogP contribution in [-0.4, -0.2) is 13.1 Å². The van der Waals surface area contributed by atoms with Gasteiger partial charge in [0.1, 0.15) is 5.82 Å². The Morgan fingerprint density at radius 2 is 2.33 bits per heavy atom. The normalized spacial score (nSPS) is 12.3. The number of halogens is 2. The fourth-order valence-corrected chi connectivity index (χ4v) is 1.69. The second-order valence-corrected chi connectivity index (χ2v) is 4.30. The predicted molar refractivity (Wildman–Crippen MR) is 62.7 cm³/mol. The van der Waals surface area contributed by atoms with E-state index in [1.807, 2.05) is 0 Å². The fraction of sp³-hybridized carbons (Fsp3) is 0.300. The Labute approximate surface area is 101 Å². The highest BCUT2D eigenvalue weighted by Crippen LogP contribution is 2.20. The van der Waals surface area contributed by atoms with Crippen molar-refractivity contribution < 1.29 is 13.9 Å². The average molecular weight is 323 g/mol. The van der Waals surface area contributed by atoms with E-state index in [0.717, 1.165) is 3.57 Å². The van der Waals surface area contributed by atoms with E-state index in [-0.39, 0.29) is 6.42 Å². The number of carbonyl (C=O) groups is 1. The van der Waals surface area contributed by atoms with Crippen LogP contribution < -0.4 is 5.73 Å². The molecule has 82 valence electrons. The number of ether oxygens (including phenoxy) is 1. The van der Waals surface area contributed by atoms with Gasteiger partial charge in [0.2, 0.25) is 0 Å². The smallest absolute Gasteiger partial charge is 0.307 e. The number of benzene rings is 1. The summed E-state index contributed by atoms with van der Waals surface area (Å²) in [5.41, 5.74) is 6.04. The highest BCUT2D eigenvalue weighted by Gasteiger charge is 2.15. The van der Waals surface area contributed by atoms with Gasteiger partial charge in [0.15, 0.2) is 0 Å². The molecule has 15 heavy (non-hydrogen) atoms. The van der Waals surface area contributed by atoms with E-state index in [0.29, 0.717) is 5.56 Å². The number of esters is 1. The van der Waals surface area contributed by atoms with Gasteiger partial charge < -0.3 is 10.5 Å². The van der Waals surface area contributed by atoms with Crippen molar-refractivity contribution in [3.63, 3.8) is 0 Å². The SMILES string of the molecule is COC(=O)C[C@H](N)c1cc(I)ccc1F. The first-order valence-electron chi connectivity index (χ1n) is 4.32. The summed E-state index contributed by atoms with van der Waals surface area (Å²) in [6.45, 7) is 0. The maximum atomic E-state index is 13.3. The van der Waals surface area contributed by atoms with E-state index in [9.17, 15) is 9.18 Å². The van der Waals surface area contributed by atoms with Gasteiger partial charge >= 0.3 is 5.97 Å². The Balaban J connectivity index is 2.85. The number of rotatable bonds is 3. The molecule has 1 aromatic rings. The lowest BCUT2D eigenvalue weighted by Gasteiger charge is -2.11. The van der Waals surface area contributed by atoms with Crippen LogP contribution in [0.1, 0.15) is 18.0 Å². The standard InChI is InChI=1S/C10H11FINO2/c1-15-10(14)5-9(13)7-4-6(12)2-3-8(7)11/h2-4,9H,5,13H2,1H3/t9-/m0/s1. The summed E-state index contributed by atoms with van der Waals surface area (Å²) in [6, 6.07) is 3.95. The lowest BCUT2D eigenvalue weighted by Crippen LogP contribution is -2.17. The summed E-state index contributed by atoms with van der Waals surface area (Å²) >= 11 is 2.06. The molecule has 1 rings (SSSR count). The second kappa shape index (κ2) is 5.41. The van der Waals surface area contributed by atoms with E-state index < -0.39 is 17.8 Å². The molecule has 0 unspecified atom stereocenters. The van der Waals surface area contributed by atoms with E-state index in [4.69, 9.17) is 5.73 Å². The Morgan fingerprint density at radius 3 is 2.93 bits per heavy atom. The number of nitrogens with two attached hydrogens (primary N) is 1. The van der Waals surface area contributed by atoms with Crippen LogP contribution in [0.4, 0.5) is 4.39 Å². The molecule has 0 heterocycles. The molecular weight excluding hydrogens is 312 g/mol. The Hall–Kier alpha value is -0.690. The molecule has 0 amide bonds. The Kier molecular flexibility index (Phi) is 4.46. The topological polar surface area (TPSA) is 52.3 Å². The predicted octanol–water partition coefficient (Wildman–Crippen LogP) is 1.99. The molecule has 0 fully saturated rings. The molecule has 0 bridgehead atoms. The first-order chi connectivity index (χ1) is 7.04. The first-order valence-corrected chi connectivity index (χ1v) is 5.40. The molecular formula is C10H11FINO2. The van der Waals surface area contributed by atoms with Gasteiger partial charge in [0.25, 0.3) is 0 Å². The molecule has 0 aliphatic heterocycles.